The number of nitrogens with zero attached hydrogens (tertiary/aromatic N) is 2. The van der Waals surface area contributed by atoms with E-state index < -0.39 is 0 Å². The fourth-order valence-electron chi connectivity index (χ4n) is 3.93. The monoisotopic (exact) mass is 361 g/mol. The molecular weight excluding hydrogens is 330 g/mol. The van der Waals surface area contributed by atoms with Gasteiger partial charge in [-0.25, -0.2) is 4.98 Å². The molecule has 3 rings (SSSR count). The summed E-state index contributed by atoms with van der Waals surface area (Å²) in [6, 6.07) is 0.272. The van der Waals surface area contributed by atoms with Crippen molar-refractivity contribution < 1.29 is 14.0 Å². The van der Waals surface area contributed by atoms with Crippen LogP contribution in [0.15, 0.2) is 10.6 Å². The van der Waals surface area contributed by atoms with Gasteiger partial charge in [-0.3, -0.25) is 9.59 Å². The highest BCUT2D eigenvalue weighted by Gasteiger charge is 2.57. The molecule has 6 nitrogen and oxygen atoms in total. The molecule has 26 heavy (non-hydrogen) atoms. The van der Waals surface area contributed by atoms with Crippen molar-refractivity contribution in [1.82, 2.24) is 15.2 Å². The van der Waals surface area contributed by atoms with Gasteiger partial charge in [0.05, 0.1) is 12.6 Å². The van der Waals surface area contributed by atoms with Crippen LogP contribution in [0, 0.1) is 24.7 Å². The minimum Gasteiger partial charge on any atom is -0.446 e. The first-order valence-corrected chi connectivity index (χ1v) is 9.96. The lowest BCUT2D eigenvalue weighted by Gasteiger charge is -2.19. The van der Waals surface area contributed by atoms with Crippen molar-refractivity contribution in [2.75, 3.05) is 13.1 Å². The van der Waals surface area contributed by atoms with E-state index in [2.05, 4.69) is 24.1 Å². The number of fused-ring (bicyclic) bond motifs is 1. The molecule has 1 aliphatic heterocycles. The van der Waals surface area contributed by atoms with Crippen molar-refractivity contribution >= 4 is 11.8 Å². The standard InChI is InChI=1S/C20H31N3O3/c1-4-13(2)7-5-6-8-18(24)22-20-16-11-23(12-17(16)20)19(25)9-15-10-21-14(3)26-15/h10,13,16-17,20H,4-9,11-12H2,1-3H3,(H,22,24)/t13?,16-,17+,20?. The van der Waals surface area contributed by atoms with Gasteiger partial charge in [-0.2, -0.15) is 0 Å². The molecule has 1 N–H and O–H groups in total. The normalized spacial score (nSPS) is 25.0. The number of hydrogen-bond acceptors (Lipinski definition) is 4. The van der Waals surface area contributed by atoms with E-state index in [0.717, 1.165) is 31.8 Å². The smallest absolute Gasteiger partial charge is 0.230 e. The van der Waals surface area contributed by atoms with E-state index >= 15 is 0 Å². The first kappa shape index (κ1) is 18.9. The Bertz CT molecular complexity index is 630. The molecule has 1 saturated carbocycles. The molecule has 1 saturated heterocycles. The zero-order valence-corrected chi connectivity index (χ0v) is 16.2. The number of amides is 2. The van der Waals surface area contributed by atoms with Crippen molar-refractivity contribution in [3.8, 4) is 0 Å². The molecule has 144 valence electrons. The molecule has 0 radical (unpaired) electrons. The Morgan fingerprint density at radius 3 is 2.69 bits per heavy atom. The van der Waals surface area contributed by atoms with Crippen molar-refractivity contribution in [2.45, 2.75) is 65.3 Å². The minimum absolute atomic E-state index is 0.0865. The van der Waals surface area contributed by atoms with Gasteiger partial charge in [0.2, 0.25) is 11.8 Å². The van der Waals surface area contributed by atoms with E-state index in [-0.39, 0.29) is 24.3 Å². The number of aromatic nitrogens is 1. The number of aryl methyl sites for hydroxylation is 1. The number of likely N-dealkylation sites (tertiary alicyclic amines) is 1. The lowest BCUT2D eigenvalue weighted by Crippen LogP contribution is -2.38. The molecule has 1 aromatic rings. The number of piperidine rings is 1. The number of rotatable bonds is 9. The maximum Gasteiger partial charge on any atom is 0.230 e. The van der Waals surface area contributed by atoms with Gasteiger partial charge in [0.15, 0.2) is 5.89 Å². The van der Waals surface area contributed by atoms with Crippen LogP contribution in [0.5, 0.6) is 0 Å². The molecule has 1 aliphatic carbocycles. The summed E-state index contributed by atoms with van der Waals surface area (Å²) in [5.74, 6) is 3.08. The Morgan fingerprint density at radius 1 is 1.35 bits per heavy atom. The number of nitrogens with one attached hydrogen (secondary N) is 1. The van der Waals surface area contributed by atoms with Gasteiger partial charge in [-0.15, -0.1) is 0 Å². The summed E-state index contributed by atoms with van der Waals surface area (Å²) in [7, 11) is 0. The second-order valence-electron chi connectivity index (χ2n) is 8.00. The zero-order valence-electron chi connectivity index (χ0n) is 16.2. The molecule has 0 bridgehead atoms. The molecule has 2 heterocycles. The van der Waals surface area contributed by atoms with Gasteiger partial charge < -0.3 is 14.6 Å². The highest BCUT2D eigenvalue weighted by Crippen LogP contribution is 2.45. The van der Waals surface area contributed by atoms with Crippen LogP contribution < -0.4 is 5.32 Å². The molecule has 2 aliphatic rings. The van der Waals surface area contributed by atoms with E-state index in [0.29, 0.717) is 29.9 Å². The number of unbranched alkanes of at least 4 members (excludes halogenated alkanes) is 1. The second kappa shape index (κ2) is 8.23. The van der Waals surface area contributed by atoms with E-state index in [1.165, 1.54) is 12.8 Å². The summed E-state index contributed by atoms with van der Waals surface area (Å²) in [4.78, 5) is 30.3. The fourth-order valence-corrected chi connectivity index (χ4v) is 3.93. The summed E-state index contributed by atoms with van der Waals surface area (Å²) in [6.07, 6.45) is 7.04. The maximum atomic E-state index is 12.3. The number of hydrogen-bond donors (Lipinski definition) is 1. The van der Waals surface area contributed by atoms with Crippen molar-refractivity contribution in [3.05, 3.63) is 17.8 Å². The molecule has 6 heteroatoms. The Kier molecular flexibility index (Phi) is 5.99. The third-order valence-electron chi connectivity index (χ3n) is 5.92. The first-order chi connectivity index (χ1) is 12.5. The number of carbonyl (C=O) groups is 2. The maximum absolute atomic E-state index is 12.3. The zero-order chi connectivity index (χ0) is 18.7. The quantitative estimate of drug-likeness (QED) is 0.686. The highest BCUT2D eigenvalue weighted by atomic mass is 16.4. The van der Waals surface area contributed by atoms with Gasteiger partial charge >= 0.3 is 0 Å². The Hall–Kier alpha value is -1.85. The largest absolute Gasteiger partial charge is 0.446 e. The van der Waals surface area contributed by atoms with E-state index in [9.17, 15) is 9.59 Å². The predicted molar refractivity (Wildman–Crippen MR) is 98.4 cm³/mol. The molecular formula is C20H31N3O3. The van der Waals surface area contributed by atoms with Gasteiger partial charge in [-0.1, -0.05) is 33.1 Å². The van der Waals surface area contributed by atoms with Crippen molar-refractivity contribution in [1.29, 1.82) is 0 Å². The molecule has 0 spiro atoms. The van der Waals surface area contributed by atoms with Crippen LogP contribution in [0.1, 0.15) is 57.6 Å². The van der Waals surface area contributed by atoms with E-state index in [1.54, 1.807) is 13.1 Å². The van der Waals surface area contributed by atoms with Crippen molar-refractivity contribution in [3.63, 3.8) is 0 Å². The Labute approximate surface area is 155 Å². The van der Waals surface area contributed by atoms with Gasteiger partial charge in [0, 0.05) is 44.3 Å². The first-order valence-electron chi connectivity index (χ1n) is 9.96. The molecule has 2 amide bonds. The Balaban J connectivity index is 1.32. The molecule has 4 atom stereocenters. The third-order valence-corrected chi connectivity index (χ3v) is 5.92. The van der Waals surface area contributed by atoms with Crippen LogP contribution in [0.2, 0.25) is 0 Å². The van der Waals surface area contributed by atoms with E-state index in [4.69, 9.17) is 4.42 Å². The van der Waals surface area contributed by atoms with Crippen LogP contribution >= 0.6 is 0 Å². The average Bonchev–Trinajstić information content (AvgIpc) is 2.96. The van der Waals surface area contributed by atoms with Gasteiger partial charge in [0.25, 0.3) is 0 Å². The summed E-state index contributed by atoms with van der Waals surface area (Å²) in [6.45, 7) is 7.74. The molecule has 2 unspecified atom stereocenters. The summed E-state index contributed by atoms with van der Waals surface area (Å²) in [5, 5.41) is 3.17. The lowest BCUT2D eigenvalue weighted by atomic mass is 10.0. The van der Waals surface area contributed by atoms with Crippen LogP contribution in [0.3, 0.4) is 0 Å². The molecule has 2 fully saturated rings. The lowest BCUT2D eigenvalue weighted by molar-refractivity contribution is -0.130. The average molecular weight is 361 g/mol. The highest BCUT2D eigenvalue weighted by molar-refractivity contribution is 5.79. The SMILES string of the molecule is CCC(C)CCCCC(=O)NC1[C@H]2CN(C(=O)Cc3cnc(C)o3)C[C@@H]12. The van der Waals surface area contributed by atoms with E-state index in [1.807, 2.05) is 4.90 Å². The fraction of sp³-hybridized carbons (Fsp3) is 0.750. The number of carbonyl (C=O) groups excluding carboxylic acids is 2. The topological polar surface area (TPSA) is 75.4 Å². The molecule has 1 aromatic heterocycles. The third kappa shape index (κ3) is 4.65. The summed E-state index contributed by atoms with van der Waals surface area (Å²) in [5.41, 5.74) is 0. The molecule has 0 aromatic carbocycles. The van der Waals surface area contributed by atoms with Crippen LogP contribution in [-0.4, -0.2) is 40.8 Å². The number of oxazole rings is 1. The Morgan fingerprint density at radius 2 is 2.08 bits per heavy atom. The van der Waals surface area contributed by atoms with Crippen LogP contribution in [-0.2, 0) is 16.0 Å². The van der Waals surface area contributed by atoms with Crippen LogP contribution in [0.4, 0.5) is 0 Å². The van der Waals surface area contributed by atoms with Crippen LogP contribution in [0.25, 0.3) is 0 Å². The van der Waals surface area contributed by atoms with Crippen molar-refractivity contribution in [2.24, 2.45) is 17.8 Å². The minimum atomic E-state index is 0.0865. The second-order valence-corrected chi connectivity index (χ2v) is 8.00. The predicted octanol–water partition coefficient (Wildman–Crippen LogP) is 2.71. The summed E-state index contributed by atoms with van der Waals surface area (Å²) < 4.78 is 5.38. The van der Waals surface area contributed by atoms with Gasteiger partial charge in [0.1, 0.15) is 5.76 Å². The summed E-state index contributed by atoms with van der Waals surface area (Å²) >= 11 is 0. The van der Waals surface area contributed by atoms with Gasteiger partial charge in [-0.05, 0) is 12.3 Å².